The van der Waals surface area contributed by atoms with Crippen molar-refractivity contribution in [3.8, 4) is 0 Å². The maximum Gasteiger partial charge on any atom is 0.253 e. The maximum absolute atomic E-state index is 12.4. The van der Waals surface area contributed by atoms with Crippen molar-refractivity contribution in [1.29, 1.82) is 0 Å². The standard InChI is InChI=1S/C19H23N3O3S/c1-3-14-11-26-17(21-14)10-20-18(23)13-7-6-12(2)15(9-13)22-19(24)16-5-4-8-25-16/h6-7,9,11,16H,3-5,8,10H2,1-2H3,(H,20,23)(H,22,24). The van der Waals surface area contributed by atoms with E-state index in [2.05, 4.69) is 22.5 Å². The third-order valence-electron chi connectivity index (χ3n) is 4.34. The Morgan fingerprint density at radius 3 is 2.92 bits per heavy atom. The summed E-state index contributed by atoms with van der Waals surface area (Å²) in [5.41, 5.74) is 3.08. The minimum atomic E-state index is -0.399. The average Bonchev–Trinajstić information content (AvgIpc) is 3.33. The zero-order valence-corrected chi connectivity index (χ0v) is 15.8. The van der Waals surface area contributed by atoms with E-state index in [0.29, 0.717) is 24.4 Å². The second kappa shape index (κ2) is 8.42. The average molecular weight is 373 g/mol. The molecule has 2 amide bonds. The lowest BCUT2D eigenvalue weighted by Crippen LogP contribution is -2.27. The fourth-order valence-corrected chi connectivity index (χ4v) is 3.56. The Bertz CT molecular complexity index is 797. The van der Waals surface area contributed by atoms with Crippen LogP contribution in [0.15, 0.2) is 23.6 Å². The number of carbonyl (C=O) groups is 2. The van der Waals surface area contributed by atoms with E-state index in [1.807, 2.05) is 18.4 Å². The summed E-state index contributed by atoms with van der Waals surface area (Å²) >= 11 is 1.54. The minimum absolute atomic E-state index is 0.155. The Balaban J connectivity index is 1.63. The number of benzene rings is 1. The van der Waals surface area contributed by atoms with Gasteiger partial charge in [0.15, 0.2) is 0 Å². The highest BCUT2D eigenvalue weighted by molar-refractivity contribution is 7.09. The van der Waals surface area contributed by atoms with Gasteiger partial charge in [-0.25, -0.2) is 4.98 Å². The molecule has 1 saturated heterocycles. The van der Waals surface area contributed by atoms with Crippen LogP contribution in [0.5, 0.6) is 0 Å². The molecule has 2 aromatic rings. The second-order valence-electron chi connectivity index (χ2n) is 6.29. The van der Waals surface area contributed by atoms with Crippen LogP contribution in [0.25, 0.3) is 0 Å². The summed E-state index contributed by atoms with van der Waals surface area (Å²) in [6.45, 7) is 4.97. The first-order chi connectivity index (χ1) is 12.6. The molecule has 0 radical (unpaired) electrons. The fourth-order valence-electron chi connectivity index (χ4n) is 2.75. The SMILES string of the molecule is CCc1csc(CNC(=O)c2ccc(C)c(NC(=O)C3CCCO3)c2)n1. The molecule has 6 nitrogen and oxygen atoms in total. The number of amides is 2. The summed E-state index contributed by atoms with van der Waals surface area (Å²) in [7, 11) is 0. The number of thiazole rings is 1. The number of nitrogens with one attached hydrogen (secondary N) is 2. The molecule has 0 bridgehead atoms. The van der Waals surface area contributed by atoms with Crippen LogP contribution in [0.2, 0.25) is 0 Å². The number of hydrogen-bond donors (Lipinski definition) is 2. The minimum Gasteiger partial charge on any atom is -0.368 e. The van der Waals surface area contributed by atoms with Crippen molar-refractivity contribution in [3.05, 3.63) is 45.4 Å². The Kier molecular flexibility index (Phi) is 6.00. The zero-order chi connectivity index (χ0) is 18.5. The van der Waals surface area contributed by atoms with Gasteiger partial charge in [-0.15, -0.1) is 11.3 Å². The van der Waals surface area contributed by atoms with Gasteiger partial charge in [-0.3, -0.25) is 9.59 Å². The summed E-state index contributed by atoms with van der Waals surface area (Å²) in [5, 5.41) is 8.65. The summed E-state index contributed by atoms with van der Waals surface area (Å²) < 4.78 is 5.41. The Labute approximate surface area is 157 Å². The van der Waals surface area contributed by atoms with Crippen LogP contribution in [-0.4, -0.2) is 29.5 Å². The van der Waals surface area contributed by atoms with Gasteiger partial charge in [-0.05, 0) is 43.9 Å². The number of hydrogen-bond acceptors (Lipinski definition) is 5. The number of anilines is 1. The highest BCUT2D eigenvalue weighted by atomic mass is 32.1. The normalized spacial score (nSPS) is 16.5. The highest BCUT2D eigenvalue weighted by Crippen LogP contribution is 2.20. The summed E-state index contributed by atoms with van der Waals surface area (Å²) in [4.78, 5) is 29.1. The van der Waals surface area contributed by atoms with Gasteiger partial charge in [0.25, 0.3) is 11.8 Å². The van der Waals surface area contributed by atoms with E-state index >= 15 is 0 Å². The molecule has 1 aromatic carbocycles. The van der Waals surface area contributed by atoms with Crippen molar-refractivity contribution in [2.75, 3.05) is 11.9 Å². The molecule has 1 unspecified atom stereocenters. The number of carbonyl (C=O) groups excluding carboxylic acids is 2. The molecule has 138 valence electrons. The molecule has 26 heavy (non-hydrogen) atoms. The maximum atomic E-state index is 12.4. The van der Waals surface area contributed by atoms with Crippen molar-refractivity contribution in [2.45, 2.75) is 45.8 Å². The Hall–Kier alpha value is -2.25. The monoisotopic (exact) mass is 373 g/mol. The first-order valence-corrected chi connectivity index (χ1v) is 9.69. The van der Waals surface area contributed by atoms with Crippen molar-refractivity contribution >= 4 is 28.8 Å². The van der Waals surface area contributed by atoms with E-state index in [9.17, 15) is 9.59 Å². The molecule has 0 saturated carbocycles. The molecule has 1 aliphatic heterocycles. The van der Waals surface area contributed by atoms with Gasteiger partial charge in [0.1, 0.15) is 11.1 Å². The third kappa shape index (κ3) is 4.47. The van der Waals surface area contributed by atoms with E-state index in [0.717, 1.165) is 35.5 Å². The topological polar surface area (TPSA) is 80.3 Å². The molecule has 1 fully saturated rings. The molecular formula is C19H23N3O3S. The lowest BCUT2D eigenvalue weighted by molar-refractivity contribution is -0.124. The van der Waals surface area contributed by atoms with Gasteiger partial charge in [0, 0.05) is 23.2 Å². The van der Waals surface area contributed by atoms with Crippen LogP contribution in [-0.2, 0) is 22.5 Å². The first-order valence-electron chi connectivity index (χ1n) is 8.81. The number of rotatable bonds is 6. The zero-order valence-electron chi connectivity index (χ0n) is 15.0. The number of aromatic nitrogens is 1. The van der Waals surface area contributed by atoms with Gasteiger partial charge >= 0.3 is 0 Å². The number of nitrogens with zero attached hydrogens (tertiary/aromatic N) is 1. The van der Waals surface area contributed by atoms with E-state index < -0.39 is 6.10 Å². The predicted molar refractivity (Wildman–Crippen MR) is 101 cm³/mol. The molecule has 1 atom stereocenters. The Morgan fingerprint density at radius 1 is 1.38 bits per heavy atom. The Morgan fingerprint density at radius 2 is 2.23 bits per heavy atom. The first kappa shape index (κ1) is 18.5. The van der Waals surface area contributed by atoms with Crippen LogP contribution in [0, 0.1) is 6.92 Å². The molecule has 7 heteroatoms. The summed E-state index contributed by atoms with van der Waals surface area (Å²) in [5.74, 6) is -0.344. The number of aryl methyl sites for hydroxylation is 2. The van der Waals surface area contributed by atoms with Crippen molar-refractivity contribution < 1.29 is 14.3 Å². The molecule has 2 heterocycles. The largest absolute Gasteiger partial charge is 0.368 e. The molecule has 0 aliphatic carbocycles. The predicted octanol–water partition coefficient (Wildman–Crippen LogP) is 3.06. The van der Waals surface area contributed by atoms with Crippen molar-refractivity contribution in [2.24, 2.45) is 0 Å². The van der Waals surface area contributed by atoms with Gasteiger partial charge in [0.2, 0.25) is 0 Å². The molecule has 2 N–H and O–H groups in total. The number of ether oxygens (including phenoxy) is 1. The van der Waals surface area contributed by atoms with Gasteiger partial charge < -0.3 is 15.4 Å². The quantitative estimate of drug-likeness (QED) is 0.815. The van der Waals surface area contributed by atoms with E-state index in [1.165, 1.54) is 0 Å². The third-order valence-corrected chi connectivity index (χ3v) is 5.24. The van der Waals surface area contributed by atoms with E-state index in [4.69, 9.17) is 4.74 Å². The lowest BCUT2D eigenvalue weighted by atomic mass is 10.1. The van der Waals surface area contributed by atoms with Crippen LogP contribution >= 0.6 is 11.3 Å². The summed E-state index contributed by atoms with van der Waals surface area (Å²) in [6, 6.07) is 5.29. The van der Waals surface area contributed by atoms with Crippen LogP contribution in [0.4, 0.5) is 5.69 Å². The molecule has 0 spiro atoms. The molecule has 1 aliphatic rings. The van der Waals surface area contributed by atoms with Gasteiger partial charge in [-0.2, -0.15) is 0 Å². The smallest absolute Gasteiger partial charge is 0.253 e. The van der Waals surface area contributed by atoms with Gasteiger partial charge in [0.05, 0.1) is 12.2 Å². The summed E-state index contributed by atoms with van der Waals surface area (Å²) in [6.07, 6.45) is 2.12. The van der Waals surface area contributed by atoms with Gasteiger partial charge in [-0.1, -0.05) is 13.0 Å². The van der Waals surface area contributed by atoms with E-state index in [1.54, 1.807) is 23.5 Å². The van der Waals surface area contributed by atoms with Crippen LogP contribution in [0.1, 0.15) is 46.4 Å². The second-order valence-corrected chi connectivity index (χ2v) is 7.23. The van der Waals surface area contributed by atoms with Crippen LogP contribution in [0.3, 0.4) is 0 Å². The molecule has 3 rings (SSSR count). The molecule has 1 aromatic heterocycles. The van der Waals surface area contributed by atoms with Crippen molar-refractivity contribution in [3.63, 3.8) is 0 Å². The molecular weight excluding hydrogens is 350 g/mol. The van der Waals surface area contributed by atoms with Crippen LogP contribution < -0.4 is 10.6 Å². The highest BCUT2D eigenvalue weighted by Gasteiger charge is 2.24. The van der Waals surface area contributed by atoms with E-state index in [-0.39, 0.29) is 11.8 Å². The lowest BCUT2D eigenvalue weighted by Gasteiger charge is -2.13. The fraction of sp³-hybridized carbons (Fsp3) is 0.421. The van der Waals surface area contributed by atoms with Crippen molar-refractivity contribution in [1.82, 2.24) is 10.3 Å².